The van der Waals surface area contributed by atoms with Gasteiger partial charge in [0.05, 0.1) is 0 Å². The Morgan fingerprint density at radius 1 is 1.05 bits per heavy atom. The molecule has 0 radical (unpaired) electrons. The lowest BCUT2D eigenvalue weighted by Crippen LogP contribution is -2.35. The molecular weight excluding hydrogens is 322 g/mol. The van der Waals surface area contributed by atoms with Crippen LogP contribution in [0.4, 0.5) is 0 Å². The van der Waals surface area contributed by atoms with Gasteiger partial charge in [0.15, 0.2) is 0 Å². The van der Waals surface area contributed by atoms with Gasteiger partial charge in [0.1, 0.15) is 0 Å². The Bertz CT molecular complexity index is 420. The maximum Gasteiger partial charge on any atom is 0.0439 e. The molecule has 0 aliphatic heterocycles. The molecule has 0 N–H and O–H groups in total. The third-order valence-corrected chi connectivity index (χ3v) is 5.97. The minimum Gasteiger partial charge on any atom is -0.126 e. The van der Waals surface area contributed by atoms with Crippen molar-refractivity contribution in [2.75, 3.05) is 11.8 Å². The van der Waals surface area contributed by atoms with Crippen molar-refractivity contribution in [3.05, 3.63) is 33.8 Å². The fourth-order valence-electron chi connectivity index (χ4n) is 3.09. The van der Waals surface area contributed by atoms with E-state index in [9.17, 15) is 0 Å². The van der Waals surface area contributed by atoms with E-state index in [1.54, 1.807) is 0 Å². The molecule has 0 amide bonds. The van der Waals surface area contributed by atoms with Crippen LogP contribution < -0.4 is 0 Å². The molecule has 2 rings (SSSR count). The van der Waals surface area contributed by atoms with Crippen molar-refractivity contribution < 1.29 is 0 Å². The quantitative estimate of drug-likeness (QED) is 0.561. The molecule has 106 valence electrons. The van der Waals surface area contributed by atoms with E-state index in [0.717, 1.165) is 17.0 Å². The second-order valence-corrected chi connectivity index (χ2v) is 6.90. The van der Waals surface area contributed by atoms with Crippen LogP contribution in [0.15, 0.2) is 18.2 Å². The first-order chi connectivity index (χ1) is 9.11. The Labute approximate surface area is 135 Å². The van der Waals surface area contributed by atoms with Gasteiger partial charge in [0, 0.05) is 27.2 Å². The van der Waals surface area contributed by atoms with Crippen molar-refractivity contribution in [3.63, 3.8) is 0 Å². The summed E-state index contributed by atoms with van der Waals surface area (Å²) >= 11 is 24.9. The van der Waals surface area contributed by atoms with Crippen LogP contribution in [-0.2, 0) is 6.42 Å². The molecule has 1 saturated carbocycles. The minimum absolute atomic E-state index is 0.0616. The number of rotatable bonds is 5. The highest BCUT2D eigenvalue weighted by atomic mass is 35.5. The predicted octanol–water partition coefficient (Wildman–Crippen LogP) is 6.19. The van der Waals surface area contributed by atoms with Gasteiger partial charge in [-0.1, -0.05) is 36.0 Å². The molecule has 4 heteroatoms. The van der Waals surface area contributed by atoms with Crippen LogP contribution in [0.5, 0.6) is 0 Å². The van der Waals surface area contributed by atoms with Crippen molar-refractivity contribution in [2.45, 2.75) is 32.1 Å². The monoisotopic (exact) mass is 338 g/mol. The second-order valence-electron chi connectivity index (χ2n) is 5.52. The van der Waals surface area contributed by atoms with Gasteiger partial charge in [-0.05, 0) is 48.9 Å². The number of benzene rings is 1. The van der Waals surface area contributed by atoms with Gasteiger partial charge in [0.25, 0.3) is 0 Å². The highest BCUT2D eigenvalue weighted by Gasteiger charge is 2.39. The SMILES string of the molecule is ClCC(CCl)(Cc1cc(Cl)ccc1Cl)C1CCCC1. The maximum absolute atomic E-state index is 6.29. The van der Waals surface area contributed by atoms with Crippen molar-refractivity contribution in [3.8, 4) is 0 Å². The fourth-order valence-corrected chi connectivity index (χ4v) is 4.38. The summed E-state index contributed by atoms with van der Waals surface area (Å²) < 4.78 is 0. The standard InChI is InChI=1S/C15H18Cl4/c16-9-15(10-17,12-3-1-2-4-12)8-11-7-13(18)5-6-14(11)19/h5-7,12H,1-4,8-10H2. The first kappa shape index (κ1) is 15.8. The summed E-state index contributed by atoms with van der Waals surface area (Å²) in [6, 6.07) is 5.60. The van der Waals surface area contributed by atoms with Crippen LogP contribution in [0.25, 0.3) is 0 Å². The van der Waals surface area contributed by atoms with E-state index < -0.39 is 0 Å². The Hall–Kier alpha value is 0.380. The summed E-state index contributed by atoms with van der Waals surface area (Å²) in [6.07, 6.45) is 5.81. The van der Waals surface area contributed by atoms with E-state index in [-0.39, 0.29) is 5.41 Å². The molecule has 1 aromatic rings. The normalized spacial score (nSPS) is 17.1. The highest BCUT2D eigenvalue weighted by Crippen LogP contribution is 2.45. The molecule has 1 aliphatic carbocycles. The summed E-state index contributed by atoms with van der Waals surface area (Å²) in [7, 11) is 0. The first-order valence-corrected chi connectivity index (χ1v) is 8.49. The molecule has 0 spiro atoms. The van der Waals surface area contributed by atoms with E-state index in [1.165, 1.54) is 25.7 Å². The van der Waals surface area contributed by atoms with E-state index in [2.05, 4.69) is 0 Å². The Morgan fingerprint density at radius 3 is 2.26 bits per heavy atom. The average Bonchev–Trinajstić information content (AvgIpc) is 2.94. The van der Waals surface area contributed by atoms with Gasteiger partial charge < -0.3 is 0 Å². The number of halogens is 4. The molecule has 1 fully saturated rings. The second kappa shape index (κ2) is 6.89. The number of alkyl halides is 2. The van der Waals surface area contributed by atoms with Gasteiger partial charge in [0.2, 0.25) is 0 Å². The van der Waals surface area contributed by atoms with Gasteiger partial charge in [-0.25, -0.2) is 0 Å². The average molecular weight is 340 g/mol. The van der Waals surface area contributed by atoms with Crippen molar-refractivity contribution >= 4 is 46.4 Å². The molecule has 0 nitrogen and oxygen atoms in total. The van der Waals surface area contributed by atoms with Crippen LogP contribution in [-0.4, -0.2) is 11.8 Å². The molecule has 0 aromatic heterocycles. The zero-order chi connectivity index (χ0) is 13.9. The lowest BCUT2D eigenvalue weighted by molar-refractivity contribution is 0.225. The molecule has 0 unspecified atom stereocenters. The summed E-state index contributed by atoms with van der Waals surface area (Å²) in [5.41, 5.74) is 0.996. The third kappa shape index (κ3) is 3.53. The molecule has 0 atom stereocenters. The predicted molar refractivity (Wildman–Crippen MR) is 86.0 cm³/mol. The molecular formula is C15H18Cl4. The molecule has 0 saturated heterocycles. The summed E-state index contributed by atoms with van der Waals surface area (Å²) in [6.45, 7) is 0. The Balaban J connectivity index is 2.27. The molecule has 1 aromatic carbocycles. The van der Waals surface area contributed by atoms with Crippen LogP contribution >= 0.6 is 46.4 Å². The van der Waals surface area contributed by atoms with Gasteiger partial charge >= 0.3 is 0 Å². The lowest BCUT2D eigenvalue weighted by Gasteiger charge is -2.36. The highest BCUT2D eigenvalue weighted by molar-refractivity contribution is 6.33. The fraction of sp³-hybridized carbons (Fsp3) is 0.600. The van der Waals surface area contributed by atoms with Crippen LogP contribution in [0.1, 0.15) is 31.2 Å². The molecule has 0 bridgehead atoms. The Kier molecular flexibility index (Phi) is 5.72. The summed E-state index contributed by atoms with van der Waals surface area (Å²) in [4.78, 5) is 0. The van der Waals surface area contributed by atoms with Crippen molar-refractivity contribution in [1.82, 2.24) is 0 Å². The van der Waals surface area contributed by atoms with E-state index >= 15 is 0 Å². The minimum atomic E-state index is -0.0616. The van der Waals surface area contributed by atoms with Crippen molar-refractivity contribution in [2.24, 2.45) is 11.3 Å². The van der Waals surface area contributed by atoms with Gasteiger partial charge in [-0.2, -0.15) is 0 Å². The lowest BCUT2D eigenvalue weighted by atomic mass is 9.73. The van der Waals surface area contributed by atoms with Gasteiger partial charge in [-0.15, -0.1) is 23.2 Å². The summed E-state index contributed by atoms with van der Waals surface area (Å²) in [5, 5.41) is 1.46. The third-order valence-electron chi connectivity index (χ3n) is 4.30. The number of hydrogen-bond donors (Lipinski definition) is 0. The number of hydrogen-bond acceptors (Lipinski definition) is 0. The summed E-state index contributed by atoms with van der Waals surface area (Å²) in [5.74, 6) is 1.74. The van der Waals surface area contributed by atoms with Crippen LogP contribution in [0, 0.1) is 11.3 Å². The smallest absolute Gasteiger partial charge is 0.0439 e. The zero-order valence-corrected chi connectivity index (χ0v) is 13.8. The van der Waals surface area contributed by atoms with E-state index in [1.807, 2.05) is 18.2 Å². The zero-order valence-electron chi connectivity index (χ0n) is 10.8. The first-order valence-electron chi connectivity index (χ1n) is 6.67. The van der Waals surface area contributed by atoms with Crippen LogP contribution in [0.2, 0.25) is 10.0 Å². The molecule has 19 heavy (non-hydrogen) atoms. The van der Waals surface area contributed by atoms with E-state index in [4.69, 9.17) is 46.4 Å². The van der Waals surface area contributed by atoms with E-state index in [0.29, 0.717) is 22.7 Å². The Morgan fingerprint density at radius 2 is 1.68 bits per heavy atom. The van der Waals surface area contributed by atoms with Gasteiger partial charge in [-0.3, -0.25) is 0 Å². The van der Waals surface area contributed by atoms with Crippen LogP contribution in [0.3, 0.4) is 0 Å². The topological polar surface area (TPSA) is 0 Å². The molecule has 1 aliphatic rings. The largest absolute Gasteiger partial charge is 0.126 e. The molecule has 0 heterocycles. The van der Waals surface area contributed by atoms with Crippen molar-refractivity contribution in [1.29, 1.82) is 0 Å². The maximum atomic E-state index is 6.29.